The number of carbonyl (C=O) groups is 3. The van der Waals surface area contributed by atoms with E-state index in [-0.39, 0.29) is 51.1 Å². The lowest BCUT2D eigenvalue weighted by Gasteiger charge is -2.31. The van der Waals surface area contributed by atoms with E-state index in [1.165, 1.54) is 36.4 Å². The Morgan fingerprint density at radius 2 is 1.53 bits per heavy atom. The number of rotatable bonds is 5. The van der Waals surface area contributed by atoms with Crippen LogP contribution in [0.3, 0.4) is 0 Å². The fourth-order valence-corrected chi connectivity index (χ4v) is 7.44. The zero-order valence-corrected chi connectivity index (χ0v) is 21.4. The largest absolute Gasteiger partial charge is 0.273 e. The van der Waals surface area contributed by atoms with Gasteiger partial charge in [0.1, 0.15) is 0 Å². The third-order valence-corrected chi connectivity index (χ3v) is 10.5. The number of amides is 3. The summed E-state index contributed by atoms with van der Waals surface area (Å²) in [6.07, 6.45) is 0.778. The van der Waals surface area contributed by atoms with Gasteiger partial charge in [-0.1, -0.05) is 55.6 Å². The second-order valence-electron chi connectivity index (χ2n) is 8.79. The van der Waals surface area contributed by atoms with E-state index in [9.17, 15) is 24.5 Å². The van der Waals surface area contributed by atoms with Gasteiger partial charge in [-0.25, -0.2) is 5.01 Å². The first kappa shape index (κ1) is 23.4. The topological polar surface area (TPSA) is 101 Å². The second-order valence-corrected chi connectivity index (χ2v) is 11.3. The molecule has 176 valence electrons. The monoisotopic (exact) mass is 609 g/mol. The van der Waals surface area contributed by atoms with Gasteiger partial charge < -0.3 is 0 Å². The van der Waals surface area contributed by atoms with Gasteiger partial charge in [0, 0.05) is 32.4 Å². The predicted molar refractivity (Wildman–Crippen MR) is 130 cm³/mol. The highest BCUT2D eigenvalue weighted by Crippen LogP contribution is 2.60. The summed E-state index contributed by atoms with van der Waals surface area (Å²) in [5, 5.41) is 13.6. The molecule has 1 heterocycles. The molecule has 0 radical (unpaired) electrons. The predicted octanol–water partition coefficient (Wildman–Crippen LogP) is 4.58. The molecule has 2 aromatic rings. The Labute approximate surface area is 216 Å². The van der Waals surface area contributed by atoms with Gasteiger partial charge in [-0.3, -0.25) is 24.5 Å². The van der Waals surface area contributed by atoms with Crippen molar-refractivity contribution in [1.29, 1.82) is 0 Å². The highest BCUT2D eigenvalue weighted by atomic mass is 79.9. The van der Waals surface area contributed by atoms with E-state index in [4.69, 9.17) is 11.6 Å². The van der Waals surface area contributed by atoms with Gasteiger partial charge >= 0.3 is 0 Å². The van der Waals surface area contributed by atoms with E-state index in [1.54, 1.807) is 12.1 Å². The Balaban J connectivity index is 1.51. The summed E-state index contributed by atoms with van der Waals surface area (Å²) in [4.78, 5) is 51.3. The minimum atomic E-state index is -0.533. The number of hydrogen-bond acceptors (Lipinski definition) is 5. The number of hydrogen-bond donors (Lipinski definition) is 0. The van der Waals surface area contributed by atoms with Crippen molar-refractivity contribution in [2.45, 2.75) is 22.6 Å². The highest BCUT2D eigenvalue weighted by molar-refractivity contribution is 9.12. The number of benzene rings is 2. The molecule has 1 saturated heterocycles. The van der Waals surface area contributed by atoms with Crippen LogP contribution in [0.1, 0.15) is 22.3 Å². The molecule has 0 aromatic heterocycles. The number of alkyl halides is 2. The van der Waals surface area contributed by atoms with E-state index < -0.39 is 22.7 Å². The molecule has 0 unspecified atom stereocenters. The molecule has 2 saturated carbocycles. The number of imide groups is 1. The first-order valence-corrected chi connectivity index (χ1v) is 12.9. The van der Waals surface area contributed by atoms with Gasteiger partial charge in [-0.2, -0.15) is 5.01 Å². The summed E-state index contributed by atoms with van der Waals surface area (Å²) in [5.41, 5.74) is 0.722. The smallest absolute Gasteiger partial charge is 0.272 e. The molecule has 2 aliphatic carbocycles. The van der Waals surface area contributed by atoms with E-state index in [0.29, 0.717) is 10.6 Å². The van der Waals surface area contributed by atoms with Crippen LogP contribution >= 0.6 is 43.5 Å². The fraction of sp³-hybridized carbons (Fsp3) is 0.348. The highest BCUT2D eigenvalue weighted by Gasteiger charge is 2.67. The average molecular weight is 612 g/mol. The van der Waals surface area contributed by atoms with Crippen LogP contribution in [0.25, 0.3) is 0 Å². The number of halogens is 3. The third-order valence-electron chi connectivity index (χ3n) is 7.01. The maximum absolute atomic E-state index is 13.6. The lowest BCUT2D eigenvalue weighted by atomic mass is 9.81. The van der Waals surface area contributed by atoms with Crippen LogP contribution in [-0.2, 0) is 16.1 Å². The molecule has 34 heavy (non-hydrogen) atoms. The number of nitrogens with zero attached hydrogens (tertiary/aromatic N) is 3. The summed E-state index contributed by atoms with van der Waals surface area (Å²) >= 11 is 13.3. The van der Waals surface area contributed by atoms with Crippen molar-refractivity contribution in [2.24, 2.45) is 23.7 Å². The van der Waals surface area contributed by atoms with Crippen LogP contribution in [0, 0.1) is 33.8 Å². The molecule has 2 bridgehead atoms. The quantitative estimate of drug-likeness (QED) is 0.213. The Hall–Kier alpha value is -2.30. The molecule has 6 atom stereocenters. The van der Waals surface area contributed by atoms with Gasteiger partial charge in [-0.15, -0.1) is 0 Å². The molecule has 5 rings (SSSR count). The van der Waals surface area contributed by atoms with E-state index >= 15 is 0 Å². The van der Waals surface area contributed by atoms with Crippen molar-refractivity contribution in [3.63, 3.8) is 0 Å². The van der Waals surface area contributed by atoms with Crippen LogP contribution in [0.4, 0.5) is 5.69 Å². The van der Waals surface area contributed by atoms with Crippen LogP contribution in [-0.4, -0.2) is 42.3 Å². The van der Waals surface area contributed by atoms with Crippen LogP contribution in [0.5, 0.6) is 0 Å². The zero-order chi connectivity index (χ0) is 24.3. The lowest BCUT2D eigenvalue weighted by Crippen LogP contribution is -2.50. The van der Waals surface area contributed by atoms with Crippen molar-refractivity contribution in [3.8, 4) is 0 Å². The van der Waals surface area contributed by atoms with Gasteiger partial charge in [0.25, 0.3) is 23.4 Å². The number of nitro benzene ring substituents is 1. The molecule has 8 nitrogen and oxygen atoms in total. The number of fused-ring (bicyclic) bond motifs is 5. The normalized spacial score (nSPS) is 29.4. The molecule has 2 aromatic carbocycles. The minimum Gasteiger partial charge on any atom is -0.272 e. The number of hydrazine groups is 1. The summed E-state index contributed by atoms with van der Waals surface area (Å²) in [6, 6.07) is 11.9. The fourth-order valence-electron chi connectivity index (χ4n) is 5.44. The Morgan fingerprint density at radius 3 is 2.03 bits per heavy atom. The maximum atomic E-state index is 13.6. The minimum absolute atomic E-state index is 0.00711. The number of nitro groups is 1. The SMILES string of the molecule is O=C(c1ccc(Cl)cc1)N(Cc1ccc([N+](=O)[O-])cc1)N1C(=O)[C@@H]2[C@H]3C[C@@H]([C@H](Br)[C@H]3Br)[C@@H]2C1=O. The number of non-ortho nitro benzene ring substituents is 1. The molecular weight excluding hydrogens is 594 g/mol. The molecule has 11 heteroatoms. The Morgan fingerprint density at radius 1 is 1.00 bits per heavy atom. The first-order valence-electron chi connectivity index (χ1n) is 10.7. The summed E-state index contributed by atoms with van der Waals surface area (Å²) in [6.45, 7) is -0.0960. The van der Waals surface area contributed by atoms with Crippen LogP contribution < -0.4 is 0 Å². The zero-order valence-electron chi connectivity index (χ0n) is 17.5. The van der Waals surface area contributed by atoms with E-state index in [0.717, 1.165) is 16.4 Å². The standard InChI is InChI=1S/C23H18Br2ClN3O5/c24-19-15-9-16(20(19)25)18-17(15)22(31)28(23(18)32)27(21(30)12-3-5-13(26)6-4-12)10-11-1-7-14(8-2-11)29(33)34/h1-8,15-20H,9-10H2/t15-,16-,17-,18+,19+,20+/m1/s1. The van der Waals surface area contributed by atoms with E-state index in [1.807, 2.05) is 0 Å². The summed E-state index contributed by atoms with van der Waals surface area (Å²) in [5.74, 6) is -2.23. The summed E-state index contributed by atoms with van der Waals surface area (Å²) < 4.78 is 0. The molecule has 3 fully saturated rings. The van der Waals surface area contributed by atoms with Crippen molar-refractivity contribution >= 4 is 66.9 Å². The first-order chi connectivity index (χ1) is 16.2. The van der Waals surface area contributed by atoms with Crippen molar-refractivity contribution in [2.75, 3.05) is 0 Å². The number of carbonyl (C=O) groups excluding carboxylic acids is 3. The molecule has 1 aliphatic heterocycles. The van der Waals surface area contributed by atoms with Crippen LogP contribution in [0.15, 0.2) is 48.5 Å². The van der Waals surface area contributed by atoms with Gasteiger partial charge in [0.15, 0.2) is 0 Å². The summed E-state index contributed by atoms with van der Waals surface area (Å²) in [7, 11) is 0. The molecule has 0 N–H and O–H groups in total. The maximum Gasteiger partial charge on any atom is 0.273 e. The van der Waals surface area contributed by atoms with Crippen molar-refractivity contribution in [1.82, 2.24) is 10.0 Å². The molecule has 3 aliphatic rings. The van der Waals surface area contributed by atoms with Crippen molar-refractivity contribution < 1.29 is 19.3 Å². The van der Waals surface area contributed by atoms with Crippen LogP contribution in [0.2, 0.25) is 5.02 Å². The second kappa shape index (κ2) is 8.73. The third kappa shape index (κ3) is 3.67. The van der Waals surface area contributed by atoms with Gasteiger partial charge in [0.2, 0.25) is 0 Å². The molecular formula is C23H18Br2ClN3O5. The Bertz CT molecular complexity index is 1160. The Kier molecular flexibility index (Phi) is 6.02. The molecule has 0 spiro atoms. The molecule has 3 amide bonds. The van der Waals surface area contributed by atoms with Crippen molar-refractivity contribution in [3.05, 3.63) is 74.8 Å². The van der Waals surface area contributed by atoms with E-state index in [2.05, 4.69) is 31.9 Å². The van der Waals surface area contributed by atoms with Gasteiger partial charge in [0.05, 0.1) is 23.3 Å². The lowest BCUT2D eigenvalue weighted by molar-refractivity contribution is -0.384. The average Bonchev–Trinajstić information content (AvgIpc) is 3.43. The van der Waals surface area contributed by atoms with Gasteiger partial charge in [-0.05, 0) is 48.1 Å².